The van der Waals surface area contributed by atoms with E-state index in [4.69, 9.17) is 15.6 Å². The summed E-state index contributed by atoms with van der Waals surface area (Å²) in [6, 6.07) is 25.0. The normalized spacial score (nSPS) is 10.9. The van der Waals surface area contributed by atoms with E-state index in [-0.39, 0.29) is 12.4 Å². The van der Waals surface area contributed by atoms with Crippen LogP contribution in [0.2, 0.25) is 0 Å². The molecule has 4 aromatic carbocycles. The van der Waals surface area contributed by atoms with Gasteiger partial charge in [0.05, 0.1) is 16.7 Å². The number of carbonyl (C=O) groups excluding carboxylic acids is 1. The average molecular weight is 656 g/mol. The van der Waals surface area contributed by atoms with Gasteiger partial charge in [-0.1, -0.05) is 46.3 Å². The number of para-hydroxylation sites is 1. The molecule has 0 aliphatic rings. The Hall–Kier alpha value is -4.16. The second-order valence-electron chi connectivity index (χ2n) is 8.37. The molecule has 4 aromatic rings. The quantitative estimate of drug-likeness (QED) is 0.160. The van der Waals surface area contributed by atoms with Gasteiger partial charge in [0.1, 0.15) is 17.8 Å². The molecule has 12 heteroatoms. The maximum atomic E-state index is 12.2. The molecule has 0 fully saturated rings. The maximum Gasteiger partial charge on any atom is 0.416 e. The Morgan fingerprint density at radius 2 is 1.29 bits per heavy atom. The largest absolute Gasteiger partial charge is 0.478 e. The van der Waals surface area contributed by atoms with Crippen LogP contribution in [0, 0.1) is 0 Å². The number of alkyl halides is 6. The van der Waals surface area contributed by atoms with Crippen LogP contribution in [0.5, 0.6) is 11.5 Å². The zero-order chi connectivity index (χ0) is 31.3. The predicted molar refractivity (Wildman–Crippen MR) is 149 cm³/mol. The molecular weight excluding hydrogens is 632 g/mol. The Morgan fingerprint density at radius 3 is 1.71 bits per heavy atom. The maximum absolute atomic E-state index is 12.2. The fraction of sp³-hybridized carbons (Fsp3) is 0.133. The van der Waals surface area contributed by atoms with Gasteiger partial charge in [-0.3, -0.25) is 4.79 Å². The first-order valence-electron chi connectivity index (χ1n) is 12.0. The monoisotopic (exact) mass is 655 g/mol. The molecule has 5 nitrogen and oxygen atoms in total. The fourth-order valence-corrected chi connectivity index (χ4v) is 3.42. The minimum atomic E-state index is -4.92. The van der Waals surface area contributed by atoms with Crippen molar-refractivity contribution in [3.05, 3.63) is 129 Å². The van der Waals surface area contributed by atoms with Gasteiger partial charge in [-0.05, 0) is 85.3 Å². The van der Waals surface area contributed by atoms with Crippen LogP contribution in [0.15, 0.2) is 102 Å². The third-order valence-corrected chi connectivity index (χ3v) is 5.70. The number of benzene rings is 4. The van der Waals surface area contributed by atoms with Crippen LogP contribution in [-0.4, -0.2) is 23.9 Å². The van der Waals surface area contributed by atoms with E-state index >= 15 is 0 Å². The molecule has 0 aliphatic heterocycles. The van der Waals surface area contributed by atoms with Crippen LogP contribution in [0.4, 0.5) is 26.3 Å². The molecule has 4 rings (SSSR count). The highest BCUT2D eigenvalue weighted by Gasteiger charge is 2.36. The Morgan fingerprint density at radius 1 is 0.786 bits per heavy atom. The first-order valence-corrected chi connectivity index (χ1v) is 12.8. The third kappa shape index (κ3) is 11.8. The summed E-state index contributed by atoms with van der Waals surface area (Å²) in [5.41, 5.74) is 3.38. The molecule has 0 heterocycles. The van der Waals surface area contributed by atoms with Gasteiger partial charge >= 0.3 is 18.3 Å². The van der Waals surface area contributed by atoms with E-state index in [1.165, 1.54) is 5.56 Å². The number of carboxylic acids is 1. The lowest BCUT2D eigenvalue weighted by molar-refractivity contribution is -0.143. The van der Waals surface area contributed by atoms with E-state index < -0.39 is 35.0 Å². The van der Waals surface area contributed by atoms with Crippen molar-refractivity contribution < 1.29 is 45.8 Å². The van der Waals surface area contributed by atoms with E-state index in [1.54, 1.807) is 24.3 Å². The number of aromatic carboxylic acids is 1. The topological polar surface area (TPSA) is 89.6 Å². The van der Waals surface area contributed by atoms with Crippen LogP contribution < -0.4 is 10.5 Å². The summed E-state index contributed by atoms with van der Waals surface area (Å²) in [6.45, 7) is 0.679. The van der Waals surface area contributed by atoms with Gasteiger partial charge in [0.2, 0.25) is 0 Å². The van der Waals surface area contributed by atoms with Crippen LogP contribution in [0.3, 0.4) is 0 Å². The summed E-state index contributed by atoms with van der Waals surface area (Å²) in [5, 5.41) is 8.46. The Balaban J connectivity index is 0.000000227. The zero-order valence-corrected chi connectivity index (χ0v) is 23.2. The van der Waals surface area contributed by atoms with Gasteiger partial charge < -0.3 is 15.6 Å². The van der Waals surface area contributed by atoms with E-state index in [1.807, 2.05) is 54.6 Å². The molecule has 0 radical (unpaired) electrons. The third-order valence-electron chi connectivity index (χ3n) is 5.17. The van der Waals surface area contributed by atoms with Crippen LogP contribution >= 0.6 is 15.9 Å². The zero-order valence-electron chi connectivity index (χ0n) is 21.6. The van der Waals surface area contributed by atoms with Gasteiger partial charge in [0.15, 0.2) is 0 Å². The number of hydrogen-bond acceptors (Lipinski definition) is 4. The molecule has 0 unspecified atom stereocenters. The minimum absolute atomic E-state index is 0.0347. The smallest absolute Gasteiger partial charge is 0.416 e. The SMILES string of the molecule is NCCc1ccc(Oc2ccccc2)cc1.O=C(O)c1ccc(Br)cc1.O=Cc1cc(C(F)(F)F)cc(C(F)(F)F)c1. The van der Waals surface area contributed by atoms with Crippen molar-refractivity contribution >= 4 is 28.2 Å². The van der Waals surface area contributed by atoms with E-state index in [2.05, 4.69) is 15.9 Å². The summed E-state index contributed by atoms with van der Waals surface area (Å²) in [5.74, 6) is 0.813. The highest BCUT2D eigenvalue weighted by Crippen LogP contribution is 2.36. The molecule has 3 N–H and O–H groups in total. The molecule has 0 saturated heterocycles. The number of halogens is 7. The molecule has 0 spiro atoms. The summed E-state index contributed by atoms with van der Waals surface area (Å²) in [4.78, 5) is 20.5. The summed E-state index contributed by atoms with van der Waals surface area (Å²) in [6.07, 6.45) is -8.99. The first kappa shape index (κ1) is 34.0. The number of hydrogen-bond donors (Lipinski definition) is 2. The Bertz CT molecular complexity index is 1390. The van der Waals surface area contributed by atoms with Crippen molar-refractivity contribution in [2.45, 2.75) is 18.8 Å². The number of carboxylic acid groups (broad SMARTS) is 1. The number of ether oxygens (including phenoxy) is 1. The standard InChI is InChI=1S/C14H15NO.C9H4F6O.C7H5BrO2/c15-11-10-12-6-8-14(9-7-12)16-13-4-2-1-3-5-13;10-8(11,12)6-1-5(4-16)2-7(3-6)9(13,14)15;8-6-3-1-5(2-4-6)7(9)10/h1-9H,10-11,15H2;1-4H;1-4H,(H,9,10). The first-order chi connectivity index (χ1) is 19.7. The minimum Gasteiger partial charge on any atom is -0.478 e. The molecule has 222 valence electrons. The molecule has 0 aromatic heterocycles. The van der Waals surface area contributed by atoms with Crippen molar-refractivity contribution in [1.29, 1.82) is 0 Å². The van der Waals surface area contributed by atoms with Crippen molar-refractivity contribution in [2.75, 3.05) is 6.54 Å². The lowest BCUT2D eigenvalue weighted by atomic mass is 10.1. The van der Waals surface area contributed by atoms with E-state index in [9.17, 15) is 35.9 Å². The summed E-state index contributed by atoms with van der Waals surface area (Å²) < 4.78 is 79.7. The van der Waals surface area contributed by atoms with Crippen LogP contribution in [0.25, 0.3) is 0 Å². The van der Waals surface area contributed by atoms with Crippen molar-refractivity contribution in [3.63, 3.8) is 0 Å². The van der Waals surface area contributed by atoms with Crippen molar-refractivity contribution in [3.8, 4) is 11.5 Å². The second kappa shape index (κ2) is 15.7. The lowest BCUT2D eigenvalue weighted by Crippen LogP contribution is -2.11. The highest BCUT2D eigenvalue weighted by molar-refractivity contribution is 9.10. The number of nitrogens with two attached hydrogens (primary N) is 1. The van der Waals surface area contributed by atoms with E-state index in [0.29, 0.717) is 24.2 Å². The molecule has 0 saturated carbocycles. The van der Waals surface area contributed by atoms with Gasteiger partial charge in [0, 0.05) is 10.0 Å². The highest BCUT2D eigenvalue weighted by atomic mass is 79.9. The number of carbonyl (C=O) groups is 2. The lowest BCUT2D eigenvalue weighted by Gasteiger charge is -2.12. The molecule has 42 heavy (non-hydrogen) atoms. The van der Waals surface area contributed by atoms with Gasteiger partial charge in [-0.25, -0.2) is 4.79 Å². The van der Waals surface area contributed by atoms with Crippen molar-refractivity contribution in [2.24, 2.45) is 5.73 Å². The molecule has 0 atom stereocenters. The van der Waals surface area contributed by atoms with Gasteiger partial charge in [-0.2, -0.15) is 26.3 Å². The molecule has 0 bridgehead atoms. The number of rotatable bonds is 6. The van der Waals surface area contributed by atoms with Gasteiger partial charge in [-0.15, -0.1) is 0 Å². The van der Waals surface area contributed by atoms with Crippen molar-refractivity contribution in [1.82, 2.24) is 0 Å². The summed E-state index contributed by atoms with van der Waals surface area (Å²) >= 11 is 3.20. The molecule has 0 amide bonds. The fourth-order valence-electron chi connectivity index (χ4n) is 3.15. The van der Waals surface area contributed by atoms with E-state index in [0.717, 1.165) is 22.4 Å². The number of aldehydes is 1. The second-order valence-corrected chi connectivity index (χ2v) is 9.28. The summed E-state index contributed by atoms with van der Waals surface area (Å²) in [7, 11) is 0. The average Bonchev–Trinajstić information content (AvgIpc) is 2.94. The van der Waals surface area contributed by atoms with Gasteiger partial charge in [0.25, 0.3) is 0 Å². The Kier molecular flexibility index (Phi) is 12.8. The van der Waals surface area contributed by atoms with Crippen LogP contribution in [0.1, 0.15) is 37.4 Å². The molecule has 0 aliphatic carbocycles. The van der Waals surface area contributed by atoms with Crippen LogP contribution in [-0.2, 0) is 18.8 Å². The molecular formula is C30H24BrF6NO4. The predicted octanol–water partition coefficient (Wildman–Crippen LogP) is 8.66. The Labute approximate surface area is 245 Å².